The molecule has 0 bridgehead atoms. The van der Waals surface area contributed by atoms with Gasteiger partial charge in [0.2, 0.25) is 11.8 Å². The summed E-state index contributed by atoms with van der Waals surface area (Å²) in [5.41, 5.74) is 3.57. The molecule has 0 saturated carbocycles. The monoisotopic (exact) mass is 351 g/mol. The average molecular weight is 351 g/mol. The second-order valence-electron chi connectivity index (χ2n) is 6.23. The van der Waals surface area contributed by atoms with Crippen LogP contribution in [0.1, 0.15) is 12.5 Å². The molecule has 132 valence electrons. The maximum Gasteiger partial charge on any atom is 0.420 e. The molecule has 0 aliphatic carbocycles. The summed E-state index contributed by atoms with van der Waals surface area (Å²) in [4.78, 5) is 37.7. The standard InChI is InChI=1S/C19H17N3O4/c1-12(23)21-9-8-13-10-14(6-7-15(13)21)20-18(24)11-22-16-4-2-3-5-17(16)26-19(22)25/h2-7,10H,8-9,11H2,1H3,(H,20,24). The number of anilines is 2. The van der Waals surface area contributed by atoms with E-state index in [1.54, 1.807) is 35.2 Å². The molecule has 7 heteroatoms. The number of nitrogens with one attached hydrogen (secondary N) is 1. The second kappa shape index (κ2) is 6.18. The Morgan fingerprint density at radius 3 is 2.81 bits per heavy atom. The molecule has 1 aliphatic heterocycles. The van der Waals surface area contributed by atoms with Crippen molar-refractivity contribution in [3.63, 3.8) is 0 Å². The van der Waals surface area contributed by atoms with E-state index in [2.05, 4.69) is 5.32 Å². The van der Waals surface area contributed by atoms with Crippen LogP contribution in [0, 0.1) is 0 Å². The summed E-state index contributed by atoms with van der Waals surface area (Å²) in [6.07, 6.45) is 0.754. The summed E-state index contributed by atoms with van der Waals surface area (Å²) in [5, 5.41) is 2.80. The van der Waals surface area contributed by atoms with Crippen LogP contribution in [0.3, 0.4) is 0 Å². The summed E-state index contributed by atoms with van der Waals surface area (Å²) in [6, 6.07) is 12.4. The van der Waals surface area contributed by atoms with E-state index in [0.717, 1.165) is 17.7 Å². The van der Waals surface area contributed by atoms with E-state index in [1.165, 1.54) is 11.5 Å². The molecule has 0 atom stereocenters. The first-order chi connectivity index (χ1) is 12.5. The number of hydrogen-bond donors (Lipinski definition) is 1. The highest BCUT2D eigenvalue weighted by Gasteiger charge is 2.22. The Kier molecular flexibility index (Phi) is 3.84. The van der Waals surface area contributed by atoms with Crippen molar-refractivity contribution in [2.24, 2.45) is 0 Å². The van der Waals surface area contributed by atoms with Crippen LogP contribution in [-0.4, -0.2) is 22.9 Å². The highest BCUT2D eigenvalue weighted by molar-refractivity contribution is 5.95. The number of carbonyl (C=O) groups excluding carboxylic acids is 2. The minimum atomic E-state index is -0.563. The van der Waals surface area contributed by atoms with Gasteiger partial charge in [0.25, 0.3) is 0 Å². The molecule has 0 spiro atoms. The normalized spacial score (nSPS) is 13.0. The molecule has 2 heterocycles. The van der Waals surface area contributed by atoms with E-state index >= 15 is 0 Å². The van der Waals surface area contributed by atoms with E-state index in [4.69, 9.17) is 4.42 Å². The number of carbonyl (C=O) groups is 2. The molecule has 0 saturated heterocycles. The third-order valence-corrected chi connectivity index (χ3v) is 4.51. The summed E-state index contributed by atoms with van der Waals surface area (Å²) < 4.78 is 6.44. The highest BCUT2D eigenvalue weighted by Crippen LogP contribution is 2.30. The molecule has 0 radical (unpaired) electrons. The summed E-state index contributed by atoms with van der Waals surface area (Å²) >= 11 is 0. The molecule has 1 aliphatic rings. The minimum absolute atomic E-state index is 0.00625. The quantitative estimate of drug-likeness (QED) is 0.783. The van der Waals surface area contributed by atoms with Crippen LogP contribution in [-0.2, 0) is 22.6 Å². The Bertz CT molecular complexity index is 1080. The molecule has 1 aromatic heterocycles. The van der Waals surface area contributed by atoms with Crippen LogP contribution in [0.5, 0.6) is 0 Å². The van der Waals surface area contributed by atoms with Gasteiger partial charge in [-0.3, -0.25) is 14.2 Å². The number of aromatic nitrogens is 1. The Morgan fingerprint density at radius 1 is 1.19 bits per heavy atom. The van der Waals surface area contributed by atoms with Gasteiger partial charge in [-0.25, -0.2) is 4.79 Å². The van der Waals surface area contributed by atoms with Gasteiger partial charge >= 0.3 is 5.76 Å². The van der Waals surface area contributed by atoms with Crippen LogP contribution in [0.25, 0.3) is 11.1 Å². The van der Waals surface area contributed by atoms with Gasteiger partial charge < -0.3 is 14.6 Å². The van der Waals surface area contributed by atoms with Gasteiger partial charge in [-0.05, 0) is 42.3 Å². The first-order valence-corrected chi connectivity index (χ1v) is 8.32. The third kappa shape index (κ3) is 2.77. The van der Waals surface area contributed by atoms with Crippen molar-refractivity contribution in [3.8, 4) is 0 Å². The van der Waals surface area contributed by atoms with Crippen molar-refractivity contribution in [2.45, 2.75) is 19.9 Å². The number of amides is 2. The van der Waals surface area contributed by atoms with Crippen molar-refractivity contribution in [2.75, 3.05) is 16.8 Å². The number of hydrogen-bond acceptors (Lipinski definition) is 4. The molecule has 4 rings (SSSR count). The zero-order valence-electron chi connectivity index (χ0n) is 14.2. The van der Waals surface area contributed by atoms with Crippen LogP contribution in [0.4, 0.5) is 11.4 Å². The fourth-order valence-electron chi connectivity index (χ4n) is 3.31. The Labute approximate surface area is 148 Å². The molecule has 3 aromatic rings. The molecule has 0 unspecified atom stereocenters. The third-order valence-electron chi connectivity index (χ3n) is 4.51. The van der Waals surface area contributed by atoms with Crippen molar-refractivity contribution < 1.29 is 14.0 Å². The van der Waals surface area contributed by atoms with Crippen LogP contribution in [0.15, 0.2) is 51.7 Å². The summed E-state index contributed by atoms with van der Waals surface area (Å²) in [7, 11) is 0. The number of fused-ring (bicyclic) bond motifs is 2. The van der Waals surface area contributed by atoms with Crippen molar-refractivity contribution >= 4 is 34.3 Å². The fourth-order valence-corrected chi connectivity index (χ4v) is 3.31. The van der Waals surface area contributed by atoms with Gasteiger partial charge in [-0.1, -0.05) is 12.1 Å². The molecule has 2 amide bonds. The van der Waals surface area contributed by atoms with Crippen LogP contribution >= 0.6 is 0 Å². The lowest BCUT2D eigenvalue weighted by molar-refractivity contribution is -0.117. The zero-order chi connectivity index (χ0) is 18.3. The molecule has 26 heavy (non-hydrogen) atoms. The van der Waals surface area contributed by atoms with E-state index in [9.17, 15) is 14.4 Å². The maximum absolute atomic E-state index is 12.4. The SMILES string of the molecule is CC(=O)N1CCc2cc(NC(=O)Cn3c(=O)oc4ccccc43)ccc21. The lowest BCUT2D eigenvalue weighted by Crippen LogP contribution is -2.25. The lowest BCUT2D eigenvalue weighted by Gasteiger charge is -2.15. The Morgan fingerprint density at radius 2 is 2.00 bits per heavy atom. The molecule has 2 aromatic carbocycles. The summed E-state index contributed by atoms with van der Waals surface area (Å²) in [5.74, 6) is -0.876. The predicted octanol–water partition coefficient (Wildman–Crippen LogP) is 2.14. The highest BCUT2D eigenvalue weighted by atomic mass is 16.4. The van der Waals surface area contributed by atoms with Gasteiger partial charge in [-0.15, -0.1) is 0 Å². The summed E-state index contributed by atoms with van der Waals surface area (Å²) in [6.45, 7) is 2.06. The number of nitrogens with zero attached hydrogens (tertiary/aromatic N) is 2. The van der Waals surface area contributed by atoms with E-state index < -0.39 is 5.76 Å². The van der Waals surface area contributed by atoms with Gasteiger partial charge in [0.15, 0.2) is 5.58 Å². The van der Waals surface area contributed by atoms with Gasteiger partial charge in [0, 0.05) is 24.8 Å². The second-order valence-corrected chi connectivity index (χ2v) is 6.23. The molecule has 7 nitrogen and oxygen atoms in total. The average Bonchev–Trinajstić information content (AvgIpc) is 3.16. The molecule has 1 N–H and O–H groups in total. The van der Waals surface area contributed by atoms with E-state index in [1.807, 2.05) is 12.1 Å². The van der Waals surface area contributed by atoms with Gasteiger partial charge in [0.05, 0.1) is 5.52 Å². The molecular formula is C19H17N3O4. The zero-order valence-corrected chi connectivity index (χ0v) is 14.2. The van der Waals surface area contributed by atoms with E-state index in [-0.39, 0.29) is 18.4 Å². The fraction of sp³-hybridized carbons (Fsp3) is 0.211. The van der Waals surface area contributed by atoms with Gasteiger partial charge in [0.1, 0.15) is 6.54 Å². The Hall–Kier alpha value is -3.35. The van der Waals surface area contributed by atoms with Crippen molar-refractivity contribution in [1.82, 2.24) is 4.57 Å². The minimum Gasteiger partial charge on any atom is -0.408 e. The van der Waals surface area contributed by atoms with Gasteiger partial charge in [-0.2, -0.15) is 0 Å². The topological polar surface area (TPSA) is 84.5 Å². The van der Waals surface area contributed by atoms with Crippen molar-refractivity contribution in [1.29, 1.82) is 0 Å². The maximum atomic E-state index is 12.4. The lowest BCUT2D eigenvalue weighted by atomic mass is 10.1. The first kappa shape index (κ1) is 16.1. The first-order valence-electron chi connectivity index (χ1n) is 8.32. The molecule has 0 fully saturated rings. The number of oxazole rings is 1. The smallest absolute Gasteiger partial charge is 0.408 e. The molecular weight excluding hydrogens is 334 g/mol. The van der Waals surface area contributed by atoms with Crippen molar-refractivity contribution in [3.05, 3.63) is 58.6 Å². The number of para-hydroxylation sites is 2. The van der Waals surface area contributed by atoms with Crippen LogP contribution in [0.2, 0.25) is 0 Å². The Balaban J connectivity index is 1.53. The number of benzene rings is 2. The largest absolute Gasteiger partial charge is 0.420 e. The number of rotatable bonds is 3. The van der Waals surface area contributed by atoms with E-state index in [0.29, 0.717) is 23.3 Å². The predicted molar refractivity (Wildman–Crippen MR) is 97.3 cm³/mol. The van der Waals surface area contributed by atoms with Crippen LogP contribution < -0.4 is 16.0 Å².